The van der Waals surface area contributed by atoms with Crippen molar-refractivity contribution in [3.8, 4) is 0 Å². The Bertz CT molecular complexity index is 1010. The van der Waals surface area contributed by atoms with Crippen LogP contribution in [-0.2, 0) is 11.2 Å². The second-order valence-electron chi connectivity index (χ2n) is 6.60. The minimum atomic E-state index is -6.57. The van der Waals surface area contributed by atoms with E-state index in [1.807, 2.05) is 0 Å². The van der Waals surface area contributed by atoms with Crippen molar-refractivity contribution in [2.24, 2.45) is 0 Å². The van der Waals surface area contributed by atoms with Crippen LogP contribution in [0.1, 0.15) is 11.1 Å². The van der Waals surface area contributed by atoms with Crippen LogP contribution in [0.15, 0.2) is 24.3 Å². The SMILES string of the molecule is Nc1cc2ccc(N)c(C(O)(C(F)(F)F)C(F)(F)F)c2cc1C(O)(C(F)(F)F)C(F)(F)F. The minimum Gasteiger partial charge on any atom is -0.398 e. The van der Waals surface area contributed by atoms with Crippen molar-refractivity contribution >= 4 is 22.1 Å². The van der Waals surface area contributed by atoms with Crippen molar-refractivity contribution in [1.82, 2.24) is 0 Å². The first-order valence-electron chi connectivity index (χ1n) is 7.86. The van der Waals surface area contributed by atoms with Gasteiger partial charge in [-0.3, -0.25) is 0 Å². The predicted molar refractivity (Wildman–Crippen MR) is 84.8 cm³/mol. The molecule has 0 aromatic heterocycles. The van der Waals surface area contributed by atoms with E-state index in [-0.39, 0.29) is 6.07 Å². The molecule has 2 rings (SSSR count). The molecule has 0 atom stereocenters. The second kappa shape index (κ2) is 6.94. The van der Waals surface area contributed by atoms with Gasteiger partial charge in [-0.05, 0) is 29.0 Å². The molecule has 0 spiro atoms. The summed E-state index contributed by atoms with van der Waals surface area (Å²) in [6.07, 6.45) is -26.3. The van der Waals surface area contributed by atoms with Crippen LogP contribution in [0.5, 0.6) is 0 Å². The van der Waals surface area contributed by atoms with Gasteiger partial charge in [0.05, 0.1) is 0 Å². The fourth-order valence-corrected chi connectivity index (χ4v) is 3.03. The van der Waals surface area contributed by atoms with Crippen LogP contribution in [-0.4, -0.2) is 34.9 Å². The van der Waals surface area contributed by atoms with Gasteiger partial charge in [0.25, 0.3) is 11.2 Å². The number of aliphatic hydroxyl groups is 2. The molecule has 2 aromatic rings. The summed E-state index contributed by atoms with van der Waals surface area (Å²) in [6.45, 7) is 0. The molecule has 32 heavy (non-hydrogen) atoms. The summed E-state index contributed by atoms with van der Waals surface area (Å²) in [5, 5.41) is 16.7. The average molecular weight is 490 g/mol. The monoisotopic (exact) mass is 490 g/mol. The van der Waals surface area contributed by atoms with Gasteiger partial charge in [-0.25, -0.2) is 0 Å². The molecule has 0 aliphatic rings. The van der Waals surface area contributed by atoms with Gasteiger partial charge in [-0.1, -0.05) is 6.07 Å². The summed E-state index contributed by atoms with van der Waals surface area (Å²) in [6, 6.07) is 0.740. The number of rotatable bonds is 2. The highest BCUT2D eigenvalue weighted by molar-refractivity contribution is 5.94. The highest BCUT2D eigenvalue weighted by Crippen LogP contribution is 2.56. The van der Waals surface area contributed by atoms with Crippen LogP contribution >= 0.6 is 0 Å². The second-order valence-corrected chi connectivity index (χ2v) is 6.60. The topological polar surface area (TPSA) is 92.5 Å². The Morgan fingerprint density at radius 3 is 1.34 bits per heavy atom. The van der Waals surface area contributed by atoms with Crippen molar-refractivity contribution < 1.29 is 62.9 Å². The Labute approximate surface area is 169 Å². The number of halogens is 12. The smallest absolute Gasteiger partial charge is 0.398 e. The van der Waals surface area contributed by atoms with E-state index in [0.29, 0.717) is 12.1 Å². The largest absolute Gasteiger partial charge is 0.430 e. The van der Waals surface area contributed by atoms with Crippen LogP contribution in [0.25, 0.3) is 10.8 Å². The lowest BCUT2D eigenvalue weighted by Gasteiger charge is -2.36. The lowest BCUT2D eigenvalue weighted by Crippen LogP contribution is -2.55. The molecule has 6 N–H and O–H groups in total. The Hall–Kier alpha value is -2.62. The molecule has 0 saturated heterocycles. The highest BCUT2D eigenvalue weighted by Gasteiger charge is 2.74. The van der Waals surface area contributed by atoms with E-state index in [0.717, 1.165) is 0 Å². The molecule has 0 radical (unpaired) electrons. The molecule has 0 heterocycles. The maximum Gasteiger partial charge on any atom is 0.430 e. The average Bonchev–Trinajstić information content (AvgIpc) is 2.56. The Kier molecular flexibility index (Phi) is 5.56. The van der Waals surface area contributed by atoms with Gasteiger partial charge in [0.2, 0.25) is 0 Å². The van der Waals surface area contributed by atoms with E-state index >= 15 is 0 Å². The van der Waals surface area contributed by atoms with E-state index in [9.17, 15) is 62.9 Å². The first-order valence-corrected chi connectivity index (χ1v) is 7.86. The lowest BCUT2D eigenvalue weighted by atomic mass is 9.83. The number of hydrogen-bond donors (Lipinski definition) is 4. The summed E-state index contributed by atoms with van der Waals surface area (Å²) in [7, 11) is 0. The minimum absolute atomic E-state index is 0.170. The molecule has 0 aliphatic heterocycles. The normalized spacial score (nSPS) is 14.8. The fraction of sp³-hybridized carbons (Fsp3) is 0.375. The third kappa shape index (κ3) is 3.44. The molecule has 0 aliphatic carbocycles. The first-order chi connectivity index (χ1) is 14.0. The predicted octanol–water partition coefficient (Wildman–Crippen LogP) is 4.63. The quantitative estimate of drug-likeness (QED) is 0.365. The molecule has 2 aromatic carbocycles. The zero-order valence-electron chi connectivity index (χ0n) is 14.9. The van der Waals surface area contributed by atoms with Crippen LogP contribution < -0.4 is 11.5 Å². The molecule has 0 fully saturated rings. The molecule has 0 amide bonds. The molecule has 4 nitrogen and oxygen atoms in total. The Balaban J connectivity index is 3.15. The number of alkyl halides is 12. The number of anilines is 2. The van der Waals surface area contributed by atoms with E-state index in [2.05, 4.69) is 0 Å². The molecule has 16 heteroatoms. The molecular formula is C16H10F12N2O2. The number of hydrogen-bond acceptors (Lipinski definition) is 4. The van der Waals surface area contributed by atoms with E-state index in [1.54, 1.807) is 0 Å². The molecule has 0 bridgehead atoms. The number of nitrogens with two attached hydrogens (primary N) is 2. The van der Waals surface area contributed by atoms with Crippen molar-refractivity contribution in [2.75, 3.05) is 11.5 Å². The van der Waals surface area contributed by atoms with Gasteiger partial charge >= 0.3 is 24.7 Å². The maximum atomic E-state index is 13.3. The van der Waals surface area contributed by atoms with Gasteiger partial charge in [0, 0.05) is 22.5 Å². The molecule has 180 valence electrons. The van der Waals surface area contributed by atoms with Gasteiger partial charge in [0.1, 0.15) is 0 Å². The third-order valence-electron chi connectivity index (χ3n) is 4.61. The van der Waals surface area contributed by atoms with Gasteiger partial charge in [-0.2, -0.15) is 52.7 Å². The summed E-state index contributed by atoms with van der Waals surface area (Å²) in [4.78, 5) is 0. The highest BCUT2D eigenvalue weighted by atomic mass is 19.4. The third-order valence-corrected chi connectivity index (χ3v) is 4.61. The van der Waals surface area contributed by atoms with E-state index < -0.39 is 75.2 Å². The van der Waals surface area contributed by atoms with Crippen molar-refractivity contribution in [2.45, 2.75) is 35.9 Å². The first kappa shape index (κ1) is 25.6. The number of nitrogen functional groups attached to an aromatic ring is 2. The fourth-order valence-electron chi connectivity index (χ4n) is 3.03. The summed E-state index contributed by atoms with van der Waals surface area (Å²) < 4.78 is 159. The van der Waals surface area contributed by atoms with Crippen LogP contribution in [0, 0.1) is 0 Å². The van der Waals surface area contributed by atoms with Crippen LogP contribution in [0.2, 0.25) is 0 Å². The van der Waals surface area contributed by atoms with E-state index in [4.69, 9.17) is 11.5 Å². The van der Waals surface area contributed by atoms with Crippen LogP contribution in [0.4, 0.5) is 64.1 Å². The maximum absolute atomic E-state index is 13.3. The summed E-state index contributed by atoms with van der Waals surface area (Å²) >= 11 is 0. The van der Waals surface area contributed by atoms with Gasteiger partial charge in [0.15, 0.2) is 0 Å². The zero-order valence-corrected chi connectivity index (χ0v) is 14.9. The molecular weight excluding hydrogens is 480 g/mol. The number of fused-ring (bicyclic) bond motifs is 1. The van der Waals surface area contributed by atoms with Gasteiger partial charge in [-0.15, -0.1) is 0 Å². The van der Waals surface area contributed by atoms with Crippen molar-refractivity contribution in [3.05, 3.63) is 35.4 Å². The zero-order chi connectivity index (χ0) is 25.3. The van der Waals surface area contributed by atoms with Gasteiger partial charge < -0.3 is 21.7 Å². The molecule has 0 saturated carbocycles. The Morgan fingerprint density at radius 2 is 0.969 bits per heavy atom. The standard InChI is InChI=1S/C16H10F12N2O2/c17-13(18,19)11(31,14(20,21)22)7-4-6-5(3-9(7)30)1-2-8(29)10(6)12(32,15(23,24)25)16(26,27)28/h1-4,31-32H,29-30H2. The van der Waals surface area contributed by atoms with E-state index in [1.165, 1.54) is 0 Å². The summed E-state index contributed by atoms with van der Waals surface area (Å²) in [5.74, 6) is 0. The molecule has 0 unspecified atom stereocenters. The number of benzene rings is 2. The van der Waals surface area contributed by atoms with Crippen molar-refractivity contribution in [3.63, 3.8) is 0 Å². The van der Waals surface area contributed by atoms with Crippen molar-refractivity contribution in [1.29, 1.82) is 0 Å². The van der Waals surface area contributed by atoms with Crippen LogP contribution in [0.3, 0.4) is 0 Å². The Morgan fingerprint density at radius 1 is 0.562 bits per heavy atom. The lowest BCUT2D eigenvalue weighted by molar-refractivity contribution is -0.376. The summed E-state index contributed by atoms with van der Waals surface area (Å²) in [5.41, 5.74) is -8.84.